The molecule has 2 rings (SSSR count). The number of hydrogen-bond donors (Lipinski definition) is 0. The number of unbranched alkanes of at least 4 members (excludes halogenated alkanes) is 1. The molecule has 0 heterocycles. The van der Waals surface area contributed by atoms with E-state index >= 15 is 0 Å². The Morgan fingerprint density at radius 2 is 2.42 bits per heavy atom. The summed E-state index contributed by atoms with van der Waals surface area (Å²) in [6, 6.07) is 0. The minimum Gasteiger partial charge on any atom is -0.299 e. The highest BCUT2D eigenvalue weighted by atomic mass is 16.1. The number of carbonyl (C=O) groups is 1. The molecule has 0 saturated heterocycles. The Kier molecular flexibility index (Phi) is 2.03. The summed E-state index contributed by atoms with van der Waals surface area (Å²) in [5, 5.41) is 0. The van der Waals surface area contributed by atoms with Gasteiger partial charge in [-0.05, 0) is 25.2 Å². The van der Waals surface area contributed by atoms with Gasteiger partial charge in [0.1, 0.15) is 5.78 Å². The van der Waals surface area contributed by atoms with Crippen LogP contribution in [0.1, 0.15) is 39.0 Å². The van der Waals surface area contributed by atoms with Crippen molar-refractivity contribution in [3.63, 3.8) is 0 Å². The van der Waals surface area contributed by atoms with Crippen molar-refractivity contribution in [1.29, 1.82) is 0 Å². The van der Waals surface area contributed by atoms with Gasteiger partial charge in [-0.1, -0.05) is 25.0 Å². The molecule has 0 unspecified atom stereocenters. The largest absolute Gasteiger partial charge is 0.299 e. The van der Waals surface area contributed by atoms with Crippen LogP contribution in [0.3, 0.4) is 0 Å². The van der Waals surface area contributed by atoms with Gasteiger partial charge in [0.05, 0.1) is 0 Å². The highest BCUT2D eigenvalue weighted by molar-refractivity contribution is 5.87. The number of ketones is 1. The smallest absolute Gasteiger partial charge is 0.140 e. The van der Waals surface area contributed by atoms with E-state index in [2.05, 4.69) is 13.0 Å². The Labute approximate surface area is 73.8 Å². The van der Waals surface area contributed by atoms with E-state index < -0.39 is 0 Å². The van der Waals surface area contributed by atoms with E-state index in [-0.39, 0.29) is 0 Å². The van der Waals surface area contributed by atoms with E-state index in [9.17, 15) is 4.79 Å². The van der Waals surface area contributed by atoms with E-state index in [4.69, 9.17) is 0 Å². The van der Waals surface area contributed by atoms with Crippen LogP contribution in [0.2, 0.25) is 0 Å². The van der Waals surface area contributed by atoms with Gasteiger partial charge in [-0.25, -0.2) is 0 Å². The molecule has 0 aromatic rings. The molecule has 0 spiro atoms. The van der Waals surface area contributed by atoms with E-state index in [1.807, 2.05) is 0 Å². The van der Waals surface area contributed by atoms with Crippen LogP contribution in [-0.4, -0.2) is 5.78 Å². The Balaban J connectivity index is 1.92. The Hall–Kier alpha value is -0.590. The lowest BCUT2D eigenvalue weighted by molar-refractivity contribution is -0.120. The van der Waals surface area contributed by atoms with Gasteiger partial charge in [-0.2, -0.15) is 0 Å². The summed E-state index contributed by atoms with van der Waals surface area (Å²) in [7, 11) is 0. The minimum absolute atomic E-state index is 0.344. The molecule has 0 aromatic heterocycles. The second-order valence-corrected chi connectivity index (χ2v) is 3.98. The molecule has 66 valence electrons. The molecule has 0 aromatic carbocycles. The number of hydrogen-bond acceptors (Lipinski definition) is 1. The van der Waals surface area contributed by atoms with E-state index in [0.29, 0.717) is 17.6 Å². The predicted molar refractivity (Wildman–Crippen MR) is 48.8 cm³/mol. The van der Waals surface area contributed by atoms with Crippen LogP contribution in [0.25, 0.3) is 0 Å². The third kappa shape index (κ3) is 1.12. The van der Waals surface area contributed by atoms with Crippen LogP contribution in [-0.2, 0) is 4.79 Å². The van der Waals surface area contributed by atoms with Gasteiger partial charge >= 0.3 is 0 Å². The maximum Gasteiger partial charge on any atom is 0.140 e. The quantitative estimate of drug-likeness (QED) is 0.586. The molecule has 1 fully saturated rings. The zero-order chi connectivity index (χ0) is 8.55. The van der Waals surface area contributed by atoms with Gasteiger partial charge in [0.15, 0.2) is 0 Å². The fraction of sp³-hybridized carbons (Fsp3) is 0.727. The van der Waals surface area contributed by atoms with E-state index in [0.717, 1.165) is 12.8 Å². The summed E-state index contributed by atoms with van der Waals surface area (Å²) >= 11 is 0. The molecule has 2 atom stereocenters. The monoisotopic (exact) mass is 164 g/mol. The maximum atomic E-state index is 11.2. The summed E-state index contributed by atoms with van der Waals surface area (Å²) in [6.45, 7) is 2.22. The fourth-order valence-electron chi connectivity index (χ4n) is 2.38. The molecule has 2 aliphatic rings. The zero-order valence-electron chi connectivity index (χ0n) is 7.68. The summed E-state index contributed by atoms with van der Waals surface area (Å²) in [5.41, 5.74) is 1.58. The van der Waals surface area contributed by atoms with Crippen molar-refractivity contribution in [3.8, 4) is 0 Å². The molecule has 1 heteroatoms. The first-order chi connectivity index (χ1) is 5.83. The molecule has 1 saturated carbocycles. The lowest BCUT2D eigenvalue weighted by atomic mass is 9.75. The van der Waals surface area contributed by atoms with Gasteiger partial charge < -0.3 is 0 Å². The van der Waals surface area contributed by atoms with Gasteiger partial charge in [0.25, 0.3) is 0 Å². The average Bonchev–Trinajstić information content (AvgIpc) is 2.28. The van der Waals surface area contributed by atoms with Crippen molar-refractivity contribution in [3.05, 3.63) is 11.6 Å². The van der Waals surface area contributed by atoms with Crippen LogP contribution < -0.4 is 0 Å². The van der Waals surface area contributed by atoms with Gasteiger partial charge in [0, 0.05) is 12.3 Å². The molecule has 0 amide bonds. The highest BCUT2D eigenvalue weighted by Gasteiger charge is 2.41. The Bertz CT molecular complexity index is 227. The number of allylic oxidation sites excluding steroid dienone is 2. The number of fused-ring (bicyclic) bond motifs is 1. The van der Waals surface area contributed by atoms with Gasteiger partial charge in [-0.15, -0.1) is 0 Å². The fourth-order valence-corrected chi connectivity index (χ4v) is 2.38. The summed E-state index contributed by atoms with van der Waals surface area (Å²) < 4.78 is 0. The first-order valence-electron chi connectivity index (χ1n) is 5.06. The van der Waals surface area contributed by atoms with Crippen LogP contribution >= 0.6 is 0 Å². The molecular formula is C11H16O. The zero-order valence-corrected chi connectivity index (χ0v) is 7.68. The molecular weight excluding hydrogens is 148 g/mol. The van der Waals surface area contributed by atoms with Crippen molar-refractivity contribution in [2.75, 3.05) is 0 Å². The number of Topliss-reactive ketones (excluding diaryl/α,β-unsaturated/α-hetero) is 1. The maximum absolute atomic E-state index is 11.2. The third-order valence-electron chi connectivity index (χ3n) is 3.20. The van der Waals surface area contributed by atoms with Gasteiger partial charge in [0.2, 0.25) is 0 Å². The lowest BCUT2D eigenvalue weighted by Crippen LogP contribution is -2.23. The molecule has 0 aliphatic heterocycles. The van der Waals surface area contributed by atoms with Crippen molar-refractivity contribution in [2.45, 2.75) is 39.0 Å². The number of carbonyl (C=O) groups excluding carboxylic acids is 1. The van der Waals surface area contributed by atoms with Crippen molar-refractivity contribution in [2.24, 2.45) is 11.8 Å². The van der Waals surface area contributed by atoms with Crippen molar-refractivity contribution >= 4 is 5.78 Å². The van der Waals surface area contributed by atoms with Crippen LogP contribution in [0.15, 0.2) is 11.6 Å². The van der Waals surface area contributed by atoms with Gasteiger partial charge in [-0.3, -0.25) is 4.79 Å². The first-order valence-corrected chi connectivity index (χ1v) is 5.06. The van der Waals surface area contributed by atoms with Crippen LogP contribution in [0.4, 0.5) is 0 Å². The summed E-state index contributed by atoms with van der Waals surface area (Å²) in [5.74, 6) is 1.50. The standard InChI is InChI=1S/C11H16O/c1-2-3-4-8-7-10-9(8)5-6-11(10)12/h7,9-10H,2-6H2,1H3/t9-,10+/m1/s1. The highest BCUT2D eigenvalue weighted by Crippen LogP contribution is 2.45. The third-order valence-corrected chi connectivity index (χ3v) is 3.20. The SMILES string of the molecule is CCCCC1=C[C@@H]2C(=O)CC[C@H]12. The molecule has 12 heavy (non-hydrogen) atoms. The molecule has 1 nitrogen and oxygen atoms in total. The molecule has 0 radical (unpaired) electrons. The summed E-state index contributed by atoms with van der Waals surface area (Å²) in [6.07, 6.45) is 7.99. The first kappa shape index (κ1) is 8.03. The summed E-state index contributed by atoms with van der Waals surface area (Å²) in [4.78, 5) is 11.2. The normalized spacial score (nSPS) is 32.8. The molecule has 0 N–H and O–H groups in total. The minimum atomic E-state index is 0.344. The van der Waals surface area contributed by atoms with Crippen LogP contribution in [0.5, 0.6) is 0 Å². The van der Waals surface area contributed by atoms with E-state index in [1.165, 1.54) is 19.3 Å². The topological polar surface area (TPSA) is 17.1 Å². The van der Waals surface area contributed by atoms with Crippen molar-refractivity contribution < 1.29 is 4.79 Å². The van der Waals surface area contributed by atoms with Crippen molar-refractivity contribution in [1.82, 2.24) is 0 Å². The second kappa shape index (κ2) is 3.04. The Morgan fingerprint density at radius 3 is 3.08 bits per heavy atom. The predicted octanol–water partition coefficient (Wildman–Crippen LogP) is 2.71. The second-order valence-electron chi connectivity index (χ2n) is 3.98. The Morgan fingerprint density at radius 1 is 1.58 bits per heavy atom. The molecule has 0 bridgehead atoms. The van der Waals surface area contributed by atoms with E-state index in [1.54, 1.807) is 5.57 Å². The molecule has 2 aliphatic carbocycles. The average molecular weight is 164 g/mol. The van der Waals surface area contributed by atoms with Crippen LogP contribution in [0, 0.1) is 11.8 Å². The lowest BCUT2D eigenvalue weighted by Gasteiger charge is -2.29. The number of rotatable bonds is 3.